The Morgan fingerprint density at radius 3 is 2.50 bits per heavy atom. The van der Waals surface area contributed by atoms with Crippen LogP contribution in [-0.4, -0.2) is 37.7 Å². The molecular weight excluding hydrogens is 286 g/mol. The van der Waals surface area contributed by atoms with Crippen molar-refractivity contribution in [3.63, 3.8) is 0 Å². The number of carboxylic acid groups (broad SMARTS) is 1. The van der Waals surface area contributed by atoms with Gasteiger partial charge in [0.2, 0.25) is 5.91 Å². The topological polar surface area (TPSA) is 84.9 Å². The van der Waals surface area contributed by atoms with E-state index in [-0.39, 0.29) is 24.4 Å². The van der Waals surface area contributed by atoms with E-state index in [1.54, 1.807) is 18.2 Å². The first-order chi connectivity index (χ1) is 10.5. The minimum atomic E-state index is -1.04. The van der Waals surface area contributed by atoms with Crippen LogP contribution in [0.1, 0.15) is 12.0 Å². The van der Waals surface area contributed by atoms with Gasteiger partial charge in [0.25, 0.3) is 0 Å². The molecule has 118 valence electrons. The lowest BCUT2D eigenvalue weighted by molar-refractivity contribution is -0.132. The molecule has 6 heteroatoms. The summed E-state index contributed by atoms with van der Waals surface area (Å²) in [6.07, 6.45) is 2.87. The lowest BCUT2D eigenvalue weighted by atomic mass is 10.1. The van der Waals surface area contributed by atoms with E-state index in [9.17, 15) is 14.7 Å². The van der Waals surface area contributed by atoms with Gasteiger partial charge in [-0.3, -0.25) is 4.79 Å². The fourth-order valence-electron chi connectivity index (χ4n) is 1.78. The van der Waals surface area contributed by atoms with E-state index in [0.29, 0.717) is 17.1 Å². The maximum Gasteiger partial charge on any atom is 0.331 e. The van der Waals surface area contributed by atoms with Gasteiger partial charge in [0.1, 0.15) is 0 Å². The van der Waals surface area contributed by atoms with Gasteiger partial charge >= 0.3 is 5.97 Å². The number of ether oxygens (including phenoxy) is 2. The predicted octanol–water partition coefficient (Wildman–Crippen LogP) is 1.86. The molecule has 0 bridgehead atoms. The summed E-state index contributed by atoms with van der Waals surface area (Å²) in [4.78, 5) is 22.3. The number of hydrogen-bond acceptors (Lipinski definition) is 4. The number of carboxylic acids is 1. The first-order valence-electron chi connectivity index (χ1n) is 6.58. The largest absolute Gasteiger partial charge is 0.493 e. The van der Waals surface area contributed by atoms with Crippen LogP contribution in [0.4, 0.5) is 0 Å². The molecule has 1 aromatic rings. The fourth-order valence-corrected chi connectivity index (χ4v) is 1.78. The highest BCUT2D eigenvalue weighted by atomic mass is 16.5. The number of hydrogen-bond donors (Lipinski definition) is 2. The molecule has 1 amide bonds. The van der Waals surface area contributed by atoms with Crippen LogP contribution in [0.15, 0.2) is 36.4 Å². The van der Waals surface area contributed by atoms with Crippen molar-refractivity contribution in [2.45, 2.75) is 6.42 Å². The molecule has 0 heterocycles. The average molecular weight is 305 g/mol. The van der Waals surface area contributed by atoms with Crippen molar-refractivity contribution in [2.75, 3.05) is 20.8 Å². The van der Waals surface area contributed by atoms with Gasteiger partial charge in [-0.05, 0) is 36.3 Å². The van der Waals surface area contributed by atoms with Crippen LogP contribution < -0.4 is 14.8 Å². The molecule has 0 aromatic heterocycles. The third-order valence-corrected chi connectivity index (χ3v) is 2.90. The van der Waals surface area contributed by atoms with Crippen molar-refractivity contribution in [1.29, 1.82) is 0 Å². The van der Waals surface area contributed by atoms with Crippen LogP contribution in [0.2, 0.25) is 0 Å². The summed E-state index contributed by atoms with van der Waals surface area (Å²) in [6, 6.07) is 5.11. The van der Waals surface area contributed by atoms with Gasteiger partial charge < -0.3 is 19.9 Å². The van der Waals surface area contributed by atoms with E-state index in [0.717, 1.165) is 6.08 Å². The SMILES string of the molecule is C=CC(=O)NCC/C(=C\c1ccc(OC)c(OC)c1)C(=O)O. The normalized spacial score (nSPS) is 10.7. The van der Waals surface area contributed by atoms with Crippen molar-refractivity contribution >= 4 is 18.0 Å². The zero-order valence-corrected chi connectivity index (χ0v) is 12.6. The fraction of sp³-hybridized carbons (Fsp3) is 0.250. The lowest BCUT2D eigenvalue weighted by Gasteiger charge is -2.09. The van der Waals surface area contributed by atoms with Crippen LogP contribution in [0.5, 0.6) is 11.5 Å². The molecular formula is C16H19NO5. The molecule has 0 saturated carbocycles. The van der Waals surface area contributed by atoms with E-state index in [2.05, 4.69) is 11.9 Å². The van der Waals surface area contributed by atoms with Gasteiger partial charge in [-0.1, -0.05) is 12.6 Å². The molecule has 0 aliphatic rings. The molecule has 0 radical (unpaired) electrons. The average Bonchev–Trinajstić information content (AvgIpc) is 2.53. The first kappa shape index (κ1) is 17.3. The van der Waals surface area contributed by atoms with E-state index >= 15 is 0 Å². The molecule has 1 aromatic carbocycles. The van der Waals surface area contributed by atoms with E-state index in [1.807, 2.05) is 0 Å². The standard InChI is InChI=1S/C16H19NO5/c1-4-15(18)17-8-7-12(16(19)20)9-11-5-6-13(21-2)14(10-11)22-3/h4-6,9-10H,1,7-8H2,2-3H3,(H,17,18)(H,19,20)/b12-9+. The predicted molar refractivity (Wildman–Crippen MR) is 83.0 cm³/mol. The van der Waals surface area contributed by atoms with Gasteiger partial charge in [0.05, 0.1) is 14.2 Å². The molecule has 0 saturated heterocycles. The lowest BCUT2D eigenvalue weighted by Crippen LogP contribution is -2.23. The molecule has 0 aliphatic carbocycles. The molecule has 0 unspecified atom stereocenters. The van der Waals surface area contributed by atoms with Crippen molar-refractivity contribution in [2.24, 2.45) is 0 Å². The van der Waals surface area contributed by atoms with Gasteiger partial charge in [-0.25, -0.2) is 4.79 Å². The molecule has 0 atom stereocenters. The monoisotopic (exact) mass is 305 g/mol. The van der Waals surface area contributed by atoms with Gasteiger partial charge in [0.15, 0.2) is 11.5 Å². The van der Waals surface area contributed by atoms with Gasteiger partial charge in [-0.2, -0.15) is 0 Å². The molecule has 0 aliphatic heterocycles. The molecule has 0 spiro atoms. The maximum absolute atomic E-state index is 11.3. The molecule has 6 nitrogen and oxygen atoms in total. The Balaban J connectivity index is 2.91. The number of carbonyl (C=O) groups excluding carboxylic acids is 1. The summed E-state index contributed by atoms with van der Waals surface area (Å²) in [5, 5.41) is 11.8. The van der Waals surface area contributed by atoms with Gasteiger partial charge in [0, 0.05) is 12.1 Å². The highest BCUT2D eigenvalue weighted by molar-refractivity contribution is 5.92. The Hall–Kier alpha value is -2.76. The first-order valence-corrected chi connectivity index (χ1v) is 6.58. The number of rotatable bonds is 8. The third kappa shape index (κ3) is 4.97. The smallest absolute Gasteiger partial charge is 0.331 e. The number of carbonyl (C=O) groups is 2. The van der Waals surface area contributed by atoms with Crippen LogP contribution in [0.25, 0.3) is 6.08 Å². The van der Waals surface area contributed by atoms with Crippen molar-refractivity contribution in [1.82, 2.24) is 5.32 Å². The number of amides is 1. The molecule has 1 rings (SSSR count). The number of nitrogens with one attached hydrogen (secondary N) is 1. The minimum Gasteiger partial charge on any atom is -0.493 e. The molecule has 2 N–H and O–H groups in total. The second kappa shape index (κ2) is 8.51. The van der Waals surface area contributed by atoms with Crippen LogP contribution >= 0.6 is 0 Å². The highest BCUT2D eigenvalue weighted by Gasteiger charge is 2.09. The van der Waals surface area contributed by atoms with E-state index in [4.69, 9.17) is 9.47 Å². The Morgan fingerprint density at radius 2 is 1.95 bits per heavy atom. The number of aliphatic carboxylic acids is 1. The Kier molecular flexibility index (Phi) is 6.69. The van der Waals surface area contributed by atoms with E-state index < -0.39 is 5.97 Å². The summed E-state index contributed by atoms with van der Waals surface area (Å²) in [6.45, 7) is 3.55. The molecule has 0 fully saturated rings. The summed E-state index contributed by atoms with van der Waals surface area (Å²) in [7, 11) is 3.03. The van der Waals surface area contributed by atoms with Crippen molar-refractivity contribution in [3.8, 4) is 11.5 Å². The van der Waals surface area contributed by atoms with E-state index in [1.165, 1.54) is 20.3 Å². The van der Waals surface area contributed by atoms with Crippen molar-refractivity contribution < 1.29 is 24.2 Å². The third-order valence-electron chi connectivity index (χ3n) is 2.90. The quantitative estimate of drug-likeness (QED) is 0.716. The summed E-state index contributed by atoms with van der Waals surface area (Å²) in [5.74, 6) is -0.297. The zero-order valence-electron chi connectivity index (χ0n) is 12.6. The minimum absolute atomic E-state index is 0.177. The van der Waals surface area contributed by atoms with Crippen LogP contribution in [0, 0.1) is 0 Å². The number of benzene rings is 1. The highest BCUT2D eigenvalue weighted by Crippen LogP contribution is 2.28. The second-order valence-electron chi connectivity index (χ2n) is 4.33. The maximum atomic E-state index is 11.3. The Labute approximate surface area is 129 Å². The van der Waals surface area contributed by atoms with Crippen LogP contribution in [0.3, 0.4) is 0 Å². The summed E-state index contributed by atoms with van der Waals surface area (Å²) < 4.78 is 10.3. The second-order valence-corrected chi connectivity index (χ2v) is 4.33. The zero-order chi connectivity index (χ0) is 16.5. The summed E-state index contributed by atoms with van der Waals surface area (Å²) >= 11 is 0. The van der Waals surface area contributed by atoms with Gasteiger partial charge in [-0.15, -0.1) is 0 Å². The Morgan fingerprint density at radius 1 is 1.27 bits per heavy atom. The summed E-state index contributed by atoms with van der Waals surface area (Å²) in [5.41, 5.74) is 0.849. The van der Waals surface area contributed by atoms with Crippen molar-refractivity contribution in [3.05, 3.63) is 42.0 Å². The number of methoxy groups -OCH3 is 2. The Bertz CT molecular complexity index is 592. The molecule has 22 heavy (non-hydrogen) atoms. The van der Waals surface area contributed by atoms with Crippen LogP contribution in [-0.2, 0) is 9.59 Å².